The van der Waals surface area contributed by atoms with Crippen LogP contribution in [0.2, 0.25) is 0 Å². The summed E-state index contributed by atoms with van der Waals surface area (Å²) >= 11 is 0. The molecule has 1 aromatic carbocycles. The Morgan fingerprint density at radius 3 is 2.92 bits per heavy atom. The lowest BCUT2D eigenvalue weighted by atomic mass is 10.1. The van der Waals surface area contributed by atoms with Gasteiger partial charge in [0.1, 0.15) is 0 Å². The smallest absolute Gasteiger partial charge is 0.251 e. The van der Waals surface area contributed by atoms with Crippen LogP contribution in [0, 0.1) is 0 Å². The molecule has 3 rings (SSSR count). The van der Waals surface area contributed by atoms with Crippen molar-refractivity contribution in [2.45, 2.75) is 20.0 Å². The number of pyridine rings is 1. The Kier molecular flexibility index (Phi) is 4.86. The van der Waals surface area contributed by atoms with Gasteiger partial charge >= 0.3 is 0 Å². The SMILES string of the molecule is CC(C)OCCNC(=O)c1cccc(-c2nnc3ccccn23)c1. The van der Waals surface area contributed by atoms with Crippen LogP contribution < -0.4 is 5.32 Å². The van der Waals surface area contributed by atoms with E-state index >= 15 is 0 Å². The molecule has 24 heavy (non-hydrogen) atoms. The van der Waals surface area contributed by atoms with Crippen molar-refractivity contribution >= 4 is 11.6 Å². The number of amides is 1. The van der Waals surface area contributed by atoms with Gasteiger partial charge in [-0.3, -0.25) is 9.20 Å². The molecule has 2 heterocycles. The number of fused-ring (bicyclic) bond motifs is 1. The zero-order valence-corrected chi connectivity index (χ0v) is 13.8. The Morgan fingerprint density at radius 2 is 2.08 bits per heavy atom. The van der Waals surface area contributed by atoms with E-state index in [1.54, 1.807) is 6.07 Å². The van der Waals surface area contributed by atoms with Crippen molar-refractivity contribution in [1.82, 2.24) is 19.9 Å². The van der Waals surface area contributed by atoms with Crippen LogP contribution in [0.4, 0.5) is 0 Å². The fourth-order valence-corrected chi connectivity index (χ4v) is 2.40. The Bertz CT molecular complexity index is 842. The second kappa shape index (κ2) is 7.23. The van der Waals surface area contributed by atoms with Gasteiger partial charge in [-0.25, -0.2) is 0 Å². The van der Waals surface area contributed by atoms with Crippen LogP contribution in [0.3, 0.4) is 0 Å². The van der Waals surface area contributed by atoms with Gasteiger partial charge in [-0.05, 0) is 38.1 Å². The van der Waals surface area contributed by atoms with E-state index in [0.717, 1.165) is 11.2 Å². The third-order valence-electron chi connectivity index (χ3n) is 3.54. The number of aromatic nitrogens is 3. The quantitative estimate of drug-likeness (QED) is 0.708. The third kappa shape index (κ3) is 3.60. The van der Waals surface area contributed by atoms with E-state index in [1.807, 2.05) is 60.8 Å². The van der Waals surface area contributed by atoms with Crippen LogP contribution in [-0.4, -0.2) is 39.8 Å². The van der Waals surface area contributed by atoms with Crippen molar-refractivity contribution < 1.29 is 9.53 Å². The van der Waals surface area contributed by atoms with E-state index in [4.69, 9.17) is 4.74 Å². The molecule has 0 saturated carbocycles. The third-order valence-corrected chi connectivity index (χ3v) is 3.54. The van der Waals surface area contributed by atoms with E-state index < -0.39 is 0 Å². The molecule has 0 saturated heterocycles. The maximum atomic E-state index is 12.3. The molecule has 1 N–H and O–H groups in total. The predicted octanol–water partition coefficient (Wildman–Crippen LogP) is 2.55. The zero-order valence-electron chi connectivity index (χ0n) is 13.8. The van der Waals surface area contributed by atoms with E-state index in [2.05, 4.69) is 15.5 Å². The second-order valence-corrected chi connectivity index (χ2v) is 5.71. The number of benzene rings is 1. The summed E-state index contributed by atoms with van der Waals surface area (Å²) in [5.41, 5.74) is 2.21. The Labute approximate surface area is 140 Å². The van der Waals surface area contributed by atoms with Gasteiger partial charge in [-0.15, -0.1) is 10.2 Å². The number of carbonyl (C=O) groups excluding carboxylic acids is 1. The first-order chi connectivity index (χ1) is 11.6. The number of hydrogen-bond donors (Lipinski definition) is 1. The van der Waals surface area contributed by atoms with Crippen molar-refractivity contribution in [1.29, 1.82) is 0 Å². The van der Waals surface area contributed by atoms with Gasteiger partial charge in [-0.1, -0.05) is 18.2 Å². The minimum Gasteiger partial charge on any atom is -0.377 e. The molecular formula is C18H20N4O2. The molecule has 0 aliphatic carbocycles. The summed E-state index contributed by atoms with van der Waals surface area (Å²) in [4.78, 5) is 12.3. The highest BCUT2D eigenvalue weighted by atomic mass is 16.5. The molecule has 0 fully saturated rings. The molecule has 3 aromatic rings. The first kappa shape index (κ1) is 16.1. The van der Waals surface area contributed by atoms with Crippen molar-refractivity contribution in [3.63, 3.8) is 0 Å². The molecule has 0 aliphatic rings. The molecule has 0 bridgehead atoms. The summed E-state index contributed by atoms with van der Waals surface area (Å²) in [6.45, 7) is 4.91. The lowest BCUT2D eigenvalue weighted by Gasteiger charge is -2.09. The highest BCUT2D eigenvalue weighted by molar-refractivity contribution is 5.95. The van der Waals surface area contributed by atoms with Crippen LogP contribution in [0.25, 0.3) is 17.0 Å². The molecule has 2 aromatic heterocycles. The number of carbonyl (C=O) groups is 1. The van der Waals surface area contributed by atoms with Crippen LogP contribution >= 0.6 is 0 Å². The van der Waals surface area contributed by atoms with Crippen LogP contribution in [-0.2, 0) is 4.74 Å². The van der Waals surface area contributed by atoms with Crippen molar-refractivity contribution in [3.8, 4) is 11.4 Å². The molecule has 0 unspecified atom stereocenters. The normalized spacial score (nSPS) is 11.1. The molecular weight excluding hydrogens is 304 g/mol. The fraction of sp³-hybridized carbons (Fsp3) is 0.278. The van der Waals surface area contributed by atoms with E-state index in [0.29, 0.717) is 24.5 Å². The number of nitrogens with zero attached hydrogens (tertiary/aromatic N) is 3. The monoisotopic (exact) mass is 324 g/mol. The molecule has 1 amide bonds. The van der Waals surface area contributed by atoms with Gasteiger partial charge in [0.15, 0.2) is 11.5 Å². The second-order valence-electron chi connectivity index (χ2n) is 5.71. The van der Waals surface area contributed by atoms with Crippen molar-refractivity contribution in [2.24, 2.45) is 0 Å². The molecule has 0 spiro atoms. The van der Waals surface area contributed by atoms with Gasteiger partial charge in [-0.2, -0.15) is 0 Å². The maximum Gasteiger partial charge on any atom is 0.251 e. The summed E-state index contributed by atoms with van der Waals surface area (Å²) in [6.07, 6.45) is 2.06. The van der Waals surface area contributed by atoms with Crippen LogP contribution in [0.15, 0.2) is 48.7 Å². The minimum atomic E-state index is -0.127. The first-order valence-electron chi connectivity index (χ1n) is 7.95. The average molecular weight is 324 g/mol. The predicted molar refractivity (Wildman–Crippen MR) is 91.8 cm³/mol. The van der Waals surface area contributed by atoms with E-state index in [-0.39, 0.29) is 12.0 Å². The summed E-state index contributed by atoms with van der Waals surface area (Å²) in [6, 6.07) is 13.1. The van der Waals surface area contributed by atoms with Crippen LogP contribution in [0.5, 0.6) is 0 Å². The molecule has 0 radical (unpaired) electrons. The molecule has 0 aliphatic heterocycles. The van der Waals surface area contributed by atoms with Crippen molar-refractivity contribution in [3.05, 3.63) is 54.2 Å². The highest BCUT2D eigenvalue weighted by Crippen LogP contribution is 2.19. The zero-order chi connectivity index (χ0) is 16.9. The van der Waals surface area contributed by atoms with Crippen molar-refractivity contribution in [2.75, 3.05) is 13.2 Å². The first-order valence-corrected chi connectivity index (χ1v) is 7.95. The Hall–Kier alpha value is -2.73. The van der Waals surface area contributed by atoms with Crippen LogP contribution in [0.1, 0.15) is 24.2 Å². The van der Waals surface area contributed by atoms with Gasteiger partial charge in [0.05, 0.1) is 12.7 Å². The highest BCUT2D eigenvalue weighted by Gasteiger charge is 2.11. The Morgan fingerprint density at radius 1 is 1.21 bits per heavy atom. The molecule has 0 atom stereocenters. The number of hydrogen-bond acceptors (Lipinski definition) is 4. The number of rotatable bonds is 6. The Balaban J connectivity index is 1.76. The molecule has 6 nitrogen and oxygen atoms in total. The molecule has 124 valence electrons. The van der Waals surface area contributed by atoms with Gasteiger partial charge in [0.25, 0.3) is 5.91 Å². The van der Waals surface area contributed by atoms with Gasteiger partial charge < -0.3 is 10.1 Å². The summed E-state index contributed by atoms with van der Waals surface area (Å²) in [7, 11) is 0. The lowest BCUT2D eigenvalue weighted by molar-refractivity contribution is 0.0746. The number of ether oxygens (including phenoxy) is 1. The van der Waals surface area contributed by atoms with Gasteiger partial charge in [0.2, 0.25) is 0 Å². The van der Waals surface area contributed by atoms with E-state index in [1.165, 1.54) is 0 Å². The fourth-order valence-electron chi connectivity index (χ4n) is 2.40. The average Bonchev–Trinajstić information content (AvgIpc) is 3.02. The topological polar surface area (TPSA) is 68.5 Å². The summed E-state index contributed by atoms with van der Waals surface area (Å²) < 4.78 is 7.32. The number of nitrogens with one attached hydrogen (secondary N) is 1. The summed E-state index contributed by atoms with van der Waals surface area (Å²) in [5, 5.41) is 11.2. The standard InChI is InChI=1S/C18H20N4O2/c1-13(2)24-11-9-19-18(23)15-7-5-6-14(12-15)17-21-20-16-8-3-4-10-22(16)17/h3-8,10,12-13H,9,11H2,1-2H3,(H,19,23). The lowest BCUT2D eigenvalue weighted by Crippen LogP contribution is -2.28. The summed E-state index contributed by atoms with van der Waals surface area (Å²) in [5.74, 6) is 0.585. The van der Waals surface area contributed by atoms with Gasteiger partial charge in [0, 0.05) is 23.9 Å². The van der Waals surface area contributed by atoms with E-state index in [9.17, 15) is 4.79 Å². The molecule has 6 heteroatoms. The largest absolute Gasteiger partial charge is 0.377 e. The minimum absolute atomic E-state index is 0.127. The maximum absolute atomic E-state index is 12.3.